The van der Waals surface area contributed by atoms with Crippen LogP contribution >= 0.6 is 15.9 Å². The zero-order valence-corrected chi connectivity index (χ0v) is 15.2. The predicted octanol–water partition coefficient (Wildman–Crippen LogP) is 3.59. The molecule has 0 unspecified atom stereocenters. The van der Waals surface area contributed by atoms with Crippen molar-refractivity contribution in [1.29, 1.82) is 0 Å². The van der Waals surface area contributed by atoms with Crippen molar-refractivity contribution in [2.45, 2.75) is 32.6 Å². The molecule has 2 heterocycles. The predicted molar refractivity (Wildman–Crippen MR) is 93.1 cm³/mol. The SMILES string of the molecule is CC1(C)CCC2=C(C1=O)[C@@H](c1ccccc1Br)C1=C(COC1=O)N2. The zero-order chi connectivity index (χ0) is 17.1. The third kappa shape index (κ3) is 2.18. The molecule has 0 radical (unpaired) electrons. The third-order valence-corrected chi connectivity index (χ3v) is 5.89. The Morgan fingerprint density at radius 2 is 1.92 bits per heavy atom. The molecule has 0 amide bonds. The van der Waals surface area contributed by atoms with Crippen molar-refractivity contribution < 1.29 is 14.3 Å². The minimum absolute atomic E-state index is 0.114. The summed E-state index contributed by atoms with van der Waals surface area (Å²) in [4.78, 5) is 25.6. The number of carbonyl (C=O) groups excluding carboxylic acids is 2. The Kier molecular flexibility index (Phi) is 3.46. The summed E-state index contributed by atoms with van der Waals surface area (Å²) >= 11 is 3.58. The topological polar surface area (TPSA) is 55.4 Å². The molecule has 5 heteroatoms. The van der Waals surface area contributed by atoms with Gasteiger partial charge in [-0.3, -0.25) is 4.79 Å². The van der Waals surface area contributed by atoms with Crippen molar-refractivity contribution in [2.24, 2.45) is 5.41 Å². The number of benzene rings is 1. The van der Waals surface area contributed by atoms with Gasteiger partial charge < -0.3 is 10.1 Å². The van der Waals surface area contributed by atoms with Crippen LogP contribution in [-0.4, -0.2) is 18.4 Å². The maximum Gasteiger partial charge on any atom is 0.337 e. The van der Waals surface area contributed by atoms with Crippen LogP contribution in [0.2, 0.25) is 0 Å². The lowest BCUT2D eigenvalue weighted by molar-refractivity contribution is -0.136. The van der Waals surface area contributed by atoms with Crippen LogP contribution in [0.25, 0.3) is 0 Å². The molecular formula is C19H18BrNO3. The van der Waals surface area contributed by atoms with Gasteiger partial charge in [0.25, 0.3) is 0 Å². The van der Waals surface area contributed by atoms with Crippen molar-refractivity contribution in [3.05, 3.63) is 56.8 Å². The van der Waals surface area contributed by atoms with Gasteiger partial charge in [0.2, 0.25) is 0 Å². The van der Waals surface area contributed by atoms with Gasteiger partial charge >= 0.3 is 5.97 Å². The van der Waals surface area contributed by atoms with Crippen LogP contribution in [0.3, 0.4) is 0 Å². The number of hydrogen-bond acceptors (Lipinski definition) is 4. The summed E-state index contributed by atoms with van der Waals surface area (Å²) in [6.07, 6.45) is 1.61. The molecule has 0 fully saturated rings. The number of esters is 1. The molecule has 0 bridgehead atoms. The first-order valence-electron chi connectivity index (χ1n) is 8.09. The number of carbonyl (C=O) groups is 2. The van der Waals surface area contributed by atoms with Crippen LogP contribution < -0.4 is 5.32 Å². The van der Waals surface area contributed by atoms with E-state index in [0.717, 1.165) is 39.8 Å². The molecule has 1 aromatic rings. The van der Waals surface area contributed by atoms with E-state index in [1.807, 2.05) is 38.1 Å². The van der Waals surface area contributed by atoms with E-state index in [0.29, 0.717) is 5.57 Å². The average Bonchev–Trinajstić information content (AvgIpc) is 2.91. The molecule has 0 aromatic heterocycles. The average molecular weight is 388 g/mol. The summed E-state index contributed by atoms with van der Waals surface area (Å²) in [6, 6.07) is 7.77. The fourth-order valence-electron chi connectivity index (χ4n) is 3.78. The number of allylic oxidation sites excluding steroid dienone is 2. The molecule has 0 spiro atoms. The molecular weight excluding hydrogens is 370 g/mol. The van der Waals surface area contributed by atoms with Gasteiger partial charge in [-0.2, -0.15) is 0 Å². The molecule has 24 heavy (non-hydrogen) atoms. The van der Waals surface area contributed by atoms with E-state index in [9.17, 15) is 9.59 Å². The molecule has 0 saturated carbocycles. The van der Waals surface area contributed by atoms with Gasteiger partial charge in [0.1, 0.15) is 6.61 Å². The second kappa shape index (κ2) is 5.31. The highest BCUT2D eigenvalue weighted by Gasteiger charge is 2.47. The van der Waals surface area contributed by atoms with Crippen LogP contribution in [0, 0.1) is 5.41 Å². The van der Waals surface area contributed by atoms with Crippen molar-refractivity contribution in [3.63, 3.8) is 0 Å². The number of hydrogen-bond donors (Lipinski definition) is 1. The lowest BCUT2D eigenvalue weighted by atomic mass is 9.67. The summed E-state index contributed by atoms with van der Waals surface area (Å²) in [7, 11) is 0. The summed E-state index contributed by atoms with van der Waals surface area (Å²) < 4.78 is 6.15. The highest BCUT2D eigenvalue weighted by atomic mass is 79.9. The lowest BCUT2D eigenvalue weighted by Gasteiger charge is -2.38. The largest absolute Gasteiger partial charge is 0.456 e. The molecule has 1 N–H and O–H groups in total. The van der Waals surface area contributed by atoms with Gasteiger partial charge in [0.15, 0.2) is 5.78 Å². The maximum absolute atomic E-state index is 13.2. The first kappa shape index (κ1) is 15.6. The first-order valence-corrected chi connectivity index (χ1v) is 8.89. The van der Waals surface area contributed by atoms with Crippen LogP contribution in [0.5, 0.6) is 0 Å². The quantitative estimate of drug-likeness (QED) is 0.748. The lowest BCUT2D eigenvalue weighted by Crippen LogP contribution is -2.39. The number of dihydropyridines is 1. The fourth-order valence-corrected chi connectivity index (χ4v) is 4.29. The minimum atomic E-state index is -0.416. The van der Waals surface area contributed by atoms with E-state index in [1.54, 1.807) is 0 Å². The molecule has 124 valence electrons. The Morgan fingerprint density at radius 3 is 2.67 bits per heavy atom. The number of ketones is 1. The number of cyclic esters (lactones) is 1. The Hall–Kier alpha value is -1.88. The number of Topliss-reactive ketones (excluding diaryl/α,β-unsaturated/α-hetero) is 1. The van der Waals surface area contributed by atoms with Crippen LogP contribution in [0.15, 0.2) is 51.3 Å². The molecule has 2 aliphatic heterocycles. The van der Waals surface area contributed by atoms with E-state index in [2.05, 4.69) is 21.2 Å². The van der Waals surface area contributed by atoms with Crippen LogP contribution in [-0.2, 0) is 14.3 Å². The second-order valence-electron chi connectivity index (χ2n) is 7.15. The Balaban J connectivity index is 1.95. The number of nitrogens with one attached hydrogen (secondary N) is 1. The monoisotopic (exact) mass is 387 g/mol. The zero-order valence-electron chi connectivity index (χ0n) is 13.6. The maximum atomic E-state index is 13.2. The van der Waals surface area contributed by atoms with Gasteiger partial charge in [-0.05, 0) is 24.5 Å². The molecule has 1 aromatic carbocycles. The van der Waals surface area contributed by atoms with E-state index in [-0.39, 0.29) is 24.3 Å². The summed E-state index contributed by atoms with van der Waals surface area (Å²) in [5, 5.41) is 3.31. The number of halogens is 1. The smallest absolute Gasteiger partial charge is 0.337 e. The van der Waals surface area contributed by atoms with Gasteiger partial charge in [0, 0.05) is 27.1 Å². The fraction of sp³-hybridized carbons (Fsp3) is 0.368. The second-order valence-corrected chi connectivity index (χ2v) is 8.01. The Labute approximate surface area is 149 Å². The van der Waals surface area contributed by atoms with Crippen molar-refractivity contribution >= 4 is 27.7 Å². The van der Waals surface area contributed by atoms with Gasteiger partial charge in [-0.1, -0.05) is 48.0 Å². The van der Waals surface area contributed by atoms with E-state index < -0.39 is 5.41 Å². The van der Waals surface area contributed by atoms with Gasteiger partial charge in [-0.15, -0.1) is 0 Å². The molecule has 4 rings (SSSR count). The van der Waals surface area contributed by atoms with Crippen molar-refractivity contribution in [3.8, 4) is 0 Å². The third-order valence-electron chi connectivity index (χ3n) is 5.17. The standard InChI is InChI=1S/C19H18BrNO3/c1-19(2)8-7-12-15(17(19)22)14(10-5-3-4-6-11(10)20)16-13(21-12)9-24-18(16)23/h3-6,14,21H,7-9H2,1-2H3/t14-/m1/s1. The summed E-state index contributed by atoms with van der Waals surface area (Å²) in [6.45, 7) is 4.21. The molecule has 3 aliphatic rings. The summed E-state index contributed by atoms with van der Waals surface area (Å²) in [5.41, 5.74) is 3.55. The van der Waals surface area contributed by atoms with Crippen LogP contribution in [0.4, 0.5) is 0 Å². The normalized spacial score (nSPS) is 25.2. The number of rotatable bonds is 1. The van der Waals surface area contributed by atoms with E-state index in [4.69, 9.17) is 4.74 Å². The van der Waals surface area contributed by atoms with E-state index in [1.165, 1.54) is 0 Å². The van der Waals surface area contributed by atoms with Gasteiger partial charge in [0.05, 0.1) is 11.3 Å². The Bertz CT molecular complexity index is 835. The highest BCUT2D eigenvalue weighted by Crippen LogP contribution is 2.49. The van der Waals surface area contributed by atoms with E-state index >= 15 is 0 Å². The molecule has 1 aliphatic carbocycles. The van der Waals surface area contributed by atoms with Crippen LogP contribution in [0.1, 0.15) is 38.2 Å². The molecule has 0 saturated heterocycles. The minimum Gasteiger partial charge on any atom is -0.456 e. The summed E-state index contributed by atoms with van der Waals surface area (Å²) in [5.74, 6) is -0.585. The van der Waals surface area contributed by atoms with Crippen molar-refractivity contribution in [1.82, 2.24) is 5.32 Å². The number of ether oxygens (including phenoxy) is 1. The highest BCUT2D eigenvalue weighted by molar-refractivity contribution is 9.10. The molecule has 1 atom stereocenters. The first-order chi connectivity index (χ1) is 11.4. The van der Waals surface area contributed by atoms with Crippen molar-refractivity contribution in [2.75, 3.05) is 6.61 Å². The van der Waals surface area contributed by atoms with Gasteiger partial charge in [-0.25, -0.2) is 4.79 Å². The molecule has 4 nitrogen and oxygen atoms in total. The Morgan fingerprint density at radius 1 is 1.17 bits per heavy atom.